The zero-order valence-electron chi connectivity index (χ0n) is 17.2. The molecule has 5 heteroatoms. The molecule has 3 heterocycles. The molecule has 1 amide bonds. The van der Waals surface area contributed by atoms with Crippen molar-refractivity contribution in [2.45, 2.75) is 38.4 Å². The van der Waals surface area contributed by atoms with Gasteiger partial charge in [0.15, 0.2) is 0 Å². The summed E-state index contributed by atoms with van der Waals surface area (Å²) in [4.78, 5) is 18.0. The third-order valence-electron chi connectivity index (χ3n) is 8.05. The van der Waals surface area contributed by atoms with Crippen LogP contribution in [0.1, 0.15) is 38.2 Å². The first-order valence-corrected chi connectivity index (χ1v) is 11.2. The van der Waals surface area contributed by atoms with Gasteiger partial charge in [-0.25, -0.2) is 0 Å². The van der Waals surface area contributed by atoms with Crippen molar-refractivity contribution in [3.63, 3.8) is 0 Å². The van der Waals surface area contributed by atoms with Gasteiger partial charge in [0.1, 0.15) is 0 Å². The molecule has 2 aliphatic carbocycles. The van der Waals surface area contributed by atoms with Crippen LogP contribution in [0.4, 0.5) is 5.69 Å². The molecule has 3 aliphatic heterocycles. The Balaban J connectivity index is 1.27. The van der Waals surface area contributed by atoms with Gasteiger partial charge in [-0.3, -0.25) is 14.6 Å². The molecule has 0 unspecified atom stereocenters. The molecular formula is C24H30N2O3. The van der Waals surface area contributed by atoms with Crippen molar-refractivity contribution in [3.05, 3.63) is 42.0 Å². The van der Waals surface area contributed by atoms with Crippen LogP contribution in [0, 0.1) is 23.2 Å². The number of amides is 1. The summed E-state index contributed by atoms with van der Waals surface area (Å²) in [7, 11) is 0. The van der Waals surface area contributed by atoms with Crippen LogP contribution in [-0.4, -0.2) is 43.8 Å². The maximum absolute atomic E-state index is 13.7. The summed E-state index contributed by atoms with van der Waals surface area (Å²) in [5, 5.41) is 0. The number of benzene rings is 1. The first kappa shape index (κ1) is 18.1. The maximum atomic E-state index is 13.7. The molecule has 0 aromatic heterocycles. The number of allylic oxidation sites excluding steroid dienone is 2. The molecule has 5 aliphatic rings. The summed E-state index contributed by atoms with van der Waals surface area (Å²) in [5.74, 6) is 0.659. The Morgan fingerprint density at radius 2 is 1.86 bits per heavy atom. The van der Waals surface area contributed by atoms with Gasteiger partial charge in [-0.15, -0.1) is 0 Å². The van der Waals surface area contributed by atoms with Crippen molar-refractivity contribution in [2.75, 3.05) is 37.9 Å². The van der Waals surface area contributed by atoms with Crippen LogP contribution in [0.2, 0.25) is 0 Å². The summed E-state index contributed by atoms with van der Waals surface area (Å²) >= 11 is 0. The minimum absolute atomic E-state index is 0.0501. The highest BCUT2D eigenvalue weighted by Gasteiger charge is 2.61. The lowest BCUT2D eigenvalue weighted by atomic mass is 9.76. The van der Waals surface area contributed by atoms with Crippen molar-refractivity contribution in [1.82, 2.24) is 4.90 Å². The SMILES string of the molecule is CC1CCN(CN2C(=O)C3(OCC4(CO3)C[C@H]3C=C[C@H]4C3)c3ccccc32)CC1. The average molecular weight is 395 g/mol. The number of piperidine rings is 1. The third kappa shape index (κ3) is 2.60. The zero-order valence-corrected chi connectivity index (χ0v) is 17.2. The second-order valence-corrected chi connectivity index (χ2v) is 9.94. The van der Waals surface area contributed by atoms with E-state index in [0.717, 1.165) is 36.7 Å². The van der Waals surface area contributed by atoms with E-state index in [1.165, 1.54) is 19.3 Å². The van der Waals surface area contributed by atoms with Crippen molar-refractivity contribution < 1.29 is 14.3 Å². The predicted octanol–water partition coefficient (Wildman–Crippen LogP) is 3.50. The van der Waals surface area contributed by atoms with Gasteiger partial charge in [-0.2, -0.15) is 0 Å². The molecule has 0 radical (unpaired) electrons. The van der Waals surface area contributed by atoms with E-state index in [0.29, 0.717) is 31.7 Å². The van der Waals surface area contributed by atoms with E-state index in [2.05, 4.69) is 24.0 Å². The predicted molar refractivity (Wildman–Crippen MR) is 110 cm³/mol. The van der Waals surface area contributed by atoms with Crippen LogP contribution in [0.5, 0.6) is 0 Å². The number of fused-ring (bicyclic) bond motifs is 5. The monoisotopic (exact) mass is 394 g/mol. The standard InChI is InChI=1S/C24H30N2O3/c1-17-8-10-25(11-9-17)16-26-21-5-3-2-4-20(21)24(22(26)27)28-14-23(15-29-24)13-18-6-7-19(23)12-18/h2-7,17-19H,8-16H2,1H3/t18-,19-,23?,24?/m0/s1. The van der Waals surface area contributed by atoms with E-state index in [1.54, 1.807) is 0 Å². The second kappa shape index (κ2) is 6.40. The molecule has 154 valence electrons. The number of hydrogen-bond acceptors (Lipinski definition) is 4. The molecule has 1 saturated carbocycles. The Labute approximate surface area is 172 Å². The maximum Gasteiger partial charge on any atom is 0.293 e. The Hall–Kier alpha value is -1.69. The molecule has 0 N–H and O–H groups in total. The van der Waals surface area contributed by atoms with E-state index in [1.807, 2.05) is 29.2 Å². The first-order chi connectivity index (χ1) is 14.1. The zero-order chi connectivity index (χ0) is 19.6. The summed E-state index contributed by atoms with van der Waals surface area (Å²) < 4.78 is 12.9. The van der Waals surface area contributed by atoms with Crippen molar-refractivity contribution in [2.24, 2.45) is 23.2 Å². The highest BCUT2D eigenvalue weighted by molar-refractivity contribution is 6.06. The summed E-state index contributed by atoms with van der Waals surface area (Å²) in [5.41, 5.74) is 1.87. The molecule has 2 saturated heterocycles. The van der Waals surface area contributed by atoms with E-state index >= 15 is 0 Å². The molecule has 29 heavy (non-hydrogen) atoms. The molecule has 6 rings (SSSR count). The lowest BCUT2D eigenvalue weighted by molar-refractivity contribution is -0.295. The molecule has 1 aromatic carbocycles. The normalized spacial score (nSPS) is 39.2. The number of carbonyl (C=O) groups is 1. The van der Waals surface area contributed by atoms with Gasteiger partial charge in [0, 0.05) is 24.1 Å². The molecular weight excluding hydrogens is 364 g/mol. The smallest absolute Gasteiger partial charge is 0.293 e. The summed E-state index contributed by atoms with van der Waals surface area (Å²) in [6.45, 7) is 6.23. The molecule has 2 bridgehead atoms. The minimum Gasteiger partial charge on any atom is -0.338 e. The Morgan fingerprint density at radius 3 is 2.55 bits per heavy atom. The molecule has 2 atom stereocenters. The van der Waals surface area contributed by atoms with Crippen molar-refractivity contribution in [3.8, 4) is 0 Å². The van der Waals surface area contributed by atoms with Gasteiger partial charge in [-0.1, -0.05) is 37.3 Å². The lowest BCUT2D eigenvalue weighted by Crippen LogP contribution is -2.55. The fourth-order valence-corrected chi connectivity index (χ4v) is 6.17. The summed E-state index contributed by atoms with van der Waals surface area (Å²) in [6.07, 6.45) is 9.41. The Bertz CT molecular complexity index is 849. The van der Waals surface area contributed by atoms with E-state index in [4.69, 9.17) is 9.47 Å². The number of nitrogens with zero attached hydrogens (tertiary/aromatic N) is 2. The quantitative estimate of drug-likeness (QED) is 0.720. The van der Waals surface area contributed by atoms with Gasteiger partial charge >= 0.3 is 0 Å². The van der Waals surface area contributed by atoms with E-state index in [9.17, 15) is 4.79 Å². The van der Waals surface area contributed by atoms with Crippen LogP contribution >= 0.6 is 0 Å². The van der Waals surface area contributed by atoms with Crippen LogP contribution < -0.4 is 4.90 Å². The largest absolute Gasteiger partial charge is 0.338 e. The third-order valence-corrected chi connectivity index (χ3v) is 8.05. The number of likely N-dealkylation sites (tertiary alicyclic amines) is 1. The molecule has 3 fully saturated rings. The molecule has 1 aromatic rings. The Morgan fingerprint density at radius 1 is 1.10 bits per heavy atom. The van der Waals surface area contributed by atoms with E-state index in [-0.39, 0.29) is 11.3 Å². The number of carbonyl (C=O) groups excluding carboxylic acids is 1. The van der Waals surface area contributed by atoms with Gasteiger partial charge in [0.25, 0.3) is 11.7 Å². The van der Waals surface area contributed by atoms with Gasteiger partial charge in [0.2, 0.25) is 0 Å². The van der Waals surface area contributed by atoms with Crippen molar-refractivity contribution >= 4 is 11.6 Å². The second-order valence-electron chi connectivity index (χ2n) is 9.94. The highest BCUT2D eigenvalue weighted by atomic mass is 16.7. The molecule has 5 nitrogen and oxygen atoms in total. The van der Waals surface area contributed by atoms with E-state index < -0.39 is 5.79 Å². The fourth-order valence-electron chi connectivity index (χ4n) is 6.17. The van der Waals surface area contributed by atoms with Gasteiger partial charge in [0.05, 0.1) is 25.6 Å². The number of ether oxygens (including phenoxy) is 2. The number of rotatable bonds is 2. The number of para-hydroxylation sites is 1. The minimum atomic E-state index is -1.25. The fraction of sp³-hybridized carbons (Fsp3) is 0.625. The highest BCUT2D eigenvalue weighted by Crippen LogP contribution is 2.57. The first-order valence-electron chi connectivity index (χ1n) is 11.2. The lowest BCUT2D eigenvalue weighted by Gasteiger charge is -2.45. The van der Waals surface area contributed by atoms with Gasteiger partial charge < -0.3 is 9.47 Å². The average Bonchev–Trinajstić information content (AvgIpc) is 3.40. The summed E-state index contributed by atoms with van der Waals surface area (Å²) in [6, 6.07) is 8.02. The van der Waals surface area contributed by atoms with Crippen LogP contribution in [-0.2, 0) is 20.1 Å². The van der Waals surface area contributed by atoms with Crippen LogP contribution in [0.3, 0.4) is 0 Å². The Kier molecular flexibility index (Phi) is 4.00. The van der Waals surface area contributed by atoms with Gasteiger partial charge in [-0.05, 0) is 49.5 Å². The van der Waals surface area contributed by atoms with Crippen molar-refractivity contribution in [1.29, 1.82) is 0 Å². The van der Waals surface area contributed by atoms with Crippen LogP contribution in [0.25, 0.3) is 0 Å². The topological polar surface area (TPSA) is 42.0 Å². The number of hydrogen-bond donors (Lipinski definition) is 0. The molecule has 2 spiro atoms. The van der Waals surface area contributed by atoms with Crippen LogP contribution in [0.15, 0.2) is 36.4 Å². The number of anilines is 1.